The van der Waals surface area contributed by atoms with Gasteiger partial charge in [0.2, 0.25) is 0 Å². The van der Waals surface area contributed by atoms with Crippen LogP contribution in [-0.4, -0.2) is 17.7 Å². The Morgan fingerprint density at radius 1 is 1.10 bits per heavy atom. The van der Waals surface area contributed by atoms with Crippen LogP contribution in [0.5, 0.6) is 5.75 Å². The average molecular weight is 284 g/mol. The van der Waals surface area contributed by atoms with Gasteiger partial charge in [0, 0.05) is 0 Å². The molecule has 0 unspecified atom stereocenters. The first-order valence-electron chi connectivity index (χ1n) is 7.63. The summed E-state index contributed by atoms with van der Waals surface area (Å²) >= 11 is 0. The number of benzene rings is 2. The van der Waals surface area contributed by atoms with Gasteiger partial charge in [-0.25, -0.2) is 4.79 Å². The van der Waals surface area contributed by atoms with E-state index in [9.17, 15) is 9.90 Å². The van der Waals surface area contributed by atoms with Crippen molar-refractivity contribution in [3.63, 3.8) is 0 Å². The van der Waals surface area contributed by atoms with Crippen LogP contribution in [0.2, 0.25) is 0 Å². The normalized spacial score (nSPS) is 16.0. The van der Waals surface area contributed by atoms with Crippen molar-refractivity contribution in [3.05, 3.63) is 42.0 Å². The molecule has 0 radical (unpaired) electrons. The van der Waals surface area contributed by atoms with E-state index >= 15 is 0 Å². The van der Waals surface area contributed by atoms with E-state index in [1.807, 2.05) is 30.3 Å². The Hall–Kier alpha value is -2.03. The van der Waals surface area contributed by atoms with E-state index in [-0.39, 0.29) is 5.56 Å². The lowest BCUT2D eigenvalue weighted by Gasteiger charge is -2.22. The lowest BCUT2D eigenvalue weighted by molar-refractivity contribution is 0.0693. The highest BCUT2D eigenvalue weighted by Gasteiger charge is 2.18. The fourth-order valence-electron chi connectivity index (χ4n) is 3.15. The van der Waals surface area contributed by atoms with Crippen LogP contribution < -0.4 is 4.74 Å². The number of ether oxygens (including phenoxy) is 1. The molecular formula is C18H20O3. The summed E-state index contributed by atoms with van der Waals surface area (Å²) in [5.41, 5.74) is 0.281. The first-order chi connectivity index (χ1) is 10.3. The number of aromatic carboxylic acids is 1. The Labute approximate surface area is 124 Å². The van der Waals surface area contributed by atoms with Crippen molar-refractivity contribution in [2.45, 2.75) is 32.1 Å². The van der Waals surface area contributed by atoms with Gasteiger partial charge < -0.3 is 9.84 Å². The molecule has 1 saturated carbocycles. The second kappa shape index (κ2) is 6.17. The maximum atomic E-state index is 11.6. The van der Waals surface area contributed by atoms with Gasteiger partial charge in [0.1, 0.15) is 11.3 Å². The maximum Gasteiger partial charge on any atom is 0.340 e. The molecule has 0 saturated heterocycles. The quantitative estimate of drug-likeness (QED) is 0.899. The van der Waals surface area contributed by atoms with Gasteiger partial charge in [-0.05, 0) is 35.6 Å². The van der Waals surface area contributed by atoms with Gasteiger partial charge in [-0.15, -0.1) is 0 Å². The van der Waals surface area contributed by atoms with Crippen molar-refractivity contribution in [3.8, 4) is 5.75 Å². The van der Waals surface area contributed by atoms with Crippen LogP contribution in [0.4, 0.5) is 0 Å². The summed E-state index contributed by atoms with van der Waals surface area (Å²) in [6.45, 7) is 0.624. The van der Waals surface area contributed by atoms with Crippen molar-refractivity contribution < 1.29 is 14.6 Å². The van der Waals surface area contributed by atoms with E-state index in [4.69, 9.17) is 4.74 Å². The minimum absolute atomic E-state index is 0.281. The zero-order valence-corrected chi connectivity index (χ0v) is 12.0. The number of rotatable bonds is 4. The van der Waals surface area contributed by atoms with Gasteiger partial charge in [0.05, 0.1) is 6.61 Å². The summed E-state index contributed by atoms with van der Waals surface area (Å²) in [5.74, 6) is 0.129. The first kappa shape index (κ1) is 13.9. The summed E-state index contributed by atoms with van der Waals surface area (Å²) in [4.78, 5) is 11.6. The highest BCUT2D eigenvalue weighted by atomic mass is 16.5. The van der Waals surface area contributed by atoms with Crippen LogP contribution in [-0.2, 0) is 0 Å². The van der Waals surface area contributed by atoms with E-state index < -0.39 is 5.97 Å². The number of carboxylic acid groups (broad SMARTS) is 1. The summed E-state index contributed by atoms with van der Waals surface area (Å²) < 4.78 is 5.87. The van der Waals surface area contributed by atoms with Crippen molar-refractivity contribution >= 4 is 16.7 Å². The predicted octanol–water partition coefficient (Wildman–Crippen LogP) is 4.50. The molecule has 0 bridgehead atoms. The summed E-state index contributed by atoms with van der Waals surface area (Å²) in [6.07, 6.45) is 6.22. The molecule has 3 rings (SSSR count). The molecule has 0 atom stereocenters. The van der Waals surface area contributed by atoms with Gasteiger partial charge >= 0.3 is 5.97 Å². The molecule has 2 aromatic carbocycles. The van der Waals surface area contributed by atoms with E-state index in [1.165, 1.54) is 32.1 Å². The lowest BCUT2D eigenvalue weighted by Crippen LogP contribution is -2.16. The molecule has 0 amide bonds. The van der Waals surface area contributed by atoms with Gasteiger partial charge in [0.15, 0.2) is 0 Å². The maximum absolute atomic E-state index is 11.6. The monoisotopic (exact) mass is 284 g/mol. The third-order valence-corrected chi connectivity index (χ3v) is 4.30. The van der Waals surface area contributed by atoms with Crippen LogP contribution in [0.15, 0.2) is 36.4 Å². The average Bonchev–Trinajstić information content (AvgIpc) is 2.53. The summed E-state index contributed by atoms with van der Waals surface area (Å²) in [5, 5.41) is 11.2. The van der Waals surface area contributed by atoms with E-state index in [0.717, 1.165) is 10.8 Å². The number of hydrogen-bond donors (Lipinski definition) is 1. The van der Waals surface area contributed by atoms with E-state index in [0.29, 0.717) is 18.3 Å². The Morgan fingerprint density at radius 3 is 2.62 bits per heavy atom. The van der Waals surface area contributed by atoms with Crippen LogP contribution in [0.25, 0.3) is 10.8 Å². The molecule has 2 aromatic rings. The minimum Gasteiger partial charge on any atom is -0.492 e. The molecule has 21 heavy (non-hydrogen) atoms. The molecule has 3 nitrogen and oxygen atoms in total. The number of fused-ring (bicyclic) bond motifs is 1. The summed E-state index contributed by atoms with van der Waals surface area (Å²) in [7, 11) is 0. The number of carbonyl (C=O) groups is 1. The van der Waals surface area contributed by atoms with Crippen molar-refractivity contribution in [1.29, 1.82) is 0 Å². The first-order valence-corrected chi connectivity index (χ1v) is 7.63. The zero-order chi connectivity index (χ0) is 14.7. The highest BCUT2D eigenvalue weighted by Crippen LogP contribution is 2.30. The summed E-state index contributed by atoms with van der Waals surface area (Å²) in [6, 6.07) is 11.3. The van der Waals surface area contributed by atoms with Gasteiger partial charge in [-0.2, -0.15) is 0 Å². The van der Waals surface area contributed by atoms with Crippen LogP contribution in [0.1, 0.15) is 42.5 Å². The number of hydrogen-bond acceptors (Lipinski definition) is 2. The third-order valence-electron chi connectivity index (χ3n) is 4.30. The molecule has 0 spiro atoms. The van der Waals surface area contributed by atoms with Crippen molar-refractivity contribution in [2.75, 3.05) is 6.61 Å². The smallest absolute Gasteiger partial charge is 0.340 e. The molecular weight excluding hydrogens is 264 g/mol. The molecule has 1 aliphatic rings. The van der Waals surface area contributed by atoms with E-state index in [2.05, 4.69) is 0 Å². The van der Waals surface area contributed by atoms with Crippen molar-refractivity contribution in [1.82, 2.24) is 0 Å². The molecule has 110 valence electrons. The van der Waals surface area contributed by atoms with Crippen LogP contribution >= 0.6 is 0 Å². The molecule has 1 aliphatic carbocycles. The third kappa shape index (κ3) is 3.02. The zero-order valence-electron chi connectivity index (χ0n) is 12.0. The number of carboxylic acids is 1. The fourth-order valence-corrected chi connectivity index (χ4v) is 3.15. The predicted molar refractivity (Wildman–Crippen MR) is 83.0 cm³/mol. The standard InChI is InChI=1S/C18H20O3/c19-18(20)17-15-9-5-4-8-14(15)10-11-16(17)21-12-13-6-2-1-3-7-13/h4-5,8-11,13H,1-3,6-7,12H2,(H,19,20). The van der Waals surface area contributed by atoms with E-state index in [1.54, 1.807) is 6.07 Å². The molecule has 1 N–H and O–H groups in total. The Morgan fingerprint density at radius 2 is 1.86 bits per heavy atom. The largest absolute Gasteiger partial charge is 0.492 e. The second-order valence-electron chi connectivity index (χ2n) is 5.78. The van der Waals surface area contributed by atoms with Gasteiger partial charge in [-0.1, -0.05) is 49.6 Å². The molecule has 0 aliphatic heterocycles. The minimum atomic E-state index is -0.926. The second-order valence-corrected chi connectivity index (χ2v) is 5.78. The van der Waals surface area contributed by atoms with Gasteiger partial charge in [0.25, 0.3) is 0 Å². The molecule has 0 aromatic heterocycles. The highest BCUT2D eigenvalue weighted by molar-refractivity contribution is 6.06. The fraction of sp³-hybridized carbons (Fsp3) is 0.389. The molecule has 0 heterocycles. The molecule has 1 fully saturated rings. The lowest BCUT2D eigenvalue weighted by atomic mass is 9.90. The topological polar surface area (TPSA) is 46.5 Å². The van der Waals surface area contributed by atoms with Crippen LogP contribution in [0.3, 0.4) is 0 Å². The Kier molecular flexibility index (Phi) is 4.09. The molecule has 3 heteroatoms. The SMILES string of the molecule is O=C(O)c1c(OCC2CCCCC2)ccc2ccccc12. The van der Waals surface area contributed by atoms with Crippen LogP contribution in [0, 0.1) is 5.92 Å². The van der Waals surface area contributed by atoms with Gasteiger partial charge in [-0.3, -0.25) is 0 Å². The Bertz CT molecular complexity index is 642. The Balaban J connectivity index is 1.87. The van der Waals surface area contributed by atoms with Crippen molar-refractivity contribution in [2.24, 2.45) is 5.92 Å².